The van der Waals surface area contributed by atoms with Crippen LogP contribution in [-0.4, -0.2) is 17.5 Å². The maximum atomic E-state index is 12.4. The molecule has 2 aromatic carbocycles. The quantitative estimate of drug-likeness (QED) is 0.550. The van der Waals surface area contributed by atoms with Gasteiger partial charge in [0.2, 0.25) is 5.91 Å². The Morgan fingerprint density at radius 1 is 1.26 bits per heavy atom. The molecule has 0 aliphatic rings. The van der Waals surface area contributed by atoms with E-state index in [1.807, 2.05) is 54.8 Å². The van der Waals surface area contributed by atoms with Crippen molar-refractivity contribution in [3.05, 3.63) is 64.1 Å². The first kappa shape index (κ1) is 19.4. The second-order valence-corrected chi connectivity index (χ2v) is 7.44. The molecule has 0 atom stereocenters. The number of thiazole rings is 1. The largest absolute Gasteiger partial charge is 0.494 e. The van der Waals surface area contributed by atoms with Crippen LogP contribution in [0.25, 0.3) is 10.6 Å². The van der Waals surface area contributed by atoms with Gasteiger partial charge in [-0.1, -0.05) is 36.7 Å². The summed E-state index contributed by atoms with van der Waals surface area (Å²) in [4.78, 5) is 16.9. The van der Waals surface area contributed by atoms with Crippen molar-refractivity contribution in [3.8, 4) is 16.3 Å². The predicted molar refractivity (Wildman–Crippen MR) is 112 cm³/mol. The Balaban J connectivity index is 1.64. The van der Waals surface area contributed by atoms with E-state index in [1.54, 1.807) is 0 Å². The summed E-state index contributed by atoms with van der Waals surface area (Å²) in [7, 11) is 0. The van der Waals surface area contributed by atoms with E-state index < -0.39 is 0 Å². The second-order valence-electron chi connectivity index (χ2n) is 6.17. The van der Waals surface area contributed by atoms with Gasteiger partial charge in [-0.2, -0.15) is 0 Å². The second kappa shape index (κ2) is 9.02. The summed E-state index contributed by atoms with van der Waals surface area (Å²) in [6.07, 6.45) is 1.18. The number of anilines is 1. The number of nitrogens with zero attached hydrogens (tertiary/aromatic N) is 1. The third kappa shape index (κ3) is 5.08. The average molecular weight is 401 g/mol. The number of carbonyl (C=O) groups excluding carboxylic acids is 1. The van der Waals surface area contributed by atoms with Gasteiger partial charge >= 0.3 is 0 Å². The van der Waals surface area contributed by atoms with Gasteiger partial charge < -0.3 is 10.1 Å². The standard InChI is InChI=1S/C21H21ClN2O2S/c1-3-10-26-16-8-9-19(14(2)11-16)24-20(25)12-15-13-27-21(23-15)17-6-4-5-7-18(17)22/h4-9,11,13H,3,10,12H2,1-2H3,(H,24,25). The van der Waals surface area contributed by atoms with Gasteiger partial charge in [0.05, 0.1) is 23.7 Å². The molecule has 140 valence electrons. The van der Waals surface area contributed by atoms with Crippen molar-refractivity contribution in [1.29, 1.82) is 0 Å². The molecular formula is C21H21ClN2O2S. The monoisotopic (exact) mass is 400 g/mol. The van der Waals surface area contributed by atoms with Crippen molar-refractivity contribution in [2.75, 3.05) is 11.9 Å². The van der Waals surface area contributed by atoms with Crippen LogP contribution < -0.4 is 10.1 Å². The molecule has 0 fully saturated rings. The van der Waals surface area contributed by atoms with Crippen LogP contribution in [0.1, 0.15) is 24.6 Å². The minimum absolute atomic E-state index is 0.101. The number of nitrogens with one attached hydrogen (secondary N) is 1. The van der Waals surface area contributed by atoms with Gasteiger partial charge in [-0.3, -0.25) is 4.79 Å². The van der Waals surface area contributed by atoms with E-state index in [0.717, 1.165) is 39.7 Å². The molecule has 1 amide bonds. The Kier molecular flexibility index (Phi) is 6.48. The lowest BCUT2D eigenvalue weighted by Gasteiger charge is -2.10. The molecule has 0 saturated carbocycles. The summed E-state index contributed by atoms with van der Waals surface area (Å²) in [5.41, 5.74) is 3.36. The van der Waals surface area contributed by atoms with Crippen LogP contribution >= 0.6 is 22.9 Å². The summed E-state index contributed by atoms with van der Waals surface area (Å²) in [6.45, 7) is 4.70. The van der Waals surface area contributed by atoms with E-state index in [0.29, 0.717) is 11.6 Å². The summed E-state index contributed by atoms with van der Waals surface area (Å²) < 4.78 is 5.61. The van der Waals surface area contributed by atoms with Crippen LogP contribution in [0, 0.1) is 6.92 Å². The SMILES string of the molecule is CCCOc1ccc(NC(=O)Cc2csc(-c3ccccc3Cl)n2)c(C)c1. The van der Waals surface area contributed by atoms with E-state index in [1.165, 1.54) is 11.3 Å². The highest BCUT2D eigenvalue weighted by atomic mass is 35.5. The molecule has 0 radical (unpaired) electrons. The fourth-order valence-electron chi connectivity index (χ4n) is 2.59. The minimum atomic E-state index is -0.101. The summed E-state index contributed by atoms with van der Waals surface area (Å²) in [6, 6.07) is 13.2. The first-order valence-corrected chi connectivity index (χ1v) is 10.0. The number of amides is 1. The van der Waals surface area contributed by atoms with Gasteiger partial charge in [0.25, 0.3) is 0 Å². The Morgan fingerprint density at radius 2 is 2.07 bits per heavy atom. The van der Waals surface area contributed by atoms with E-state index in [2.05, 4.69) is 17.2 Å². The van der Waals surface area contributed by atoms with Crippen LogP contribution in [0.15, 0.2) is 47.8 Å². The normalized spacial score (nSPS) is 10.6. The molecule has 0 saturated heterocycles. The average Bonchev–Trinajstić information content (AvgIpc) is 3.10. The molecular weight excluding hydrogens is 380 g/mol. The van der Waals surface area contributed by atoms with Gasteiger partial charge in [0.15, 0.2) is 0 Å². The van der Waals surface area contributed by atoms with Crippen LogP contribution in [0.2, 0.25) is 5.02 Å². The zero-order valence-corrected chi connectivity index (χ0v) is 16.9. The van der Waals surface area contributed by atoms with Crippen molar-refractivity contribution in [1.82, 2.24) is 4.98 Å². The highest BCUT2D eigenvalue weighted by Gasteiger charge is 2.12. The highest BCUT2D eigenvalue weighted by molar-refractivity contribution is 7.13. The molecule has 27 heavy (non-hydrogen) atoms. The van der Waals surface area contributed by atoms with E-state index in [4.69, 9.17) is 16.3 Å². The summed E-state index contributed by atoms with van der Waals surface area (Å²) in [5, 5.41) is 6.32. The lowest BCUT2D eigenvalue weighted by Crippen LogP contribution is -2.15. The molecule has 6 heteroatoms. The highest BCUT2D eigenvalue weighted by Crippen LogP contribution is 2.30. The van der Waals surface area contributed by atoms with Crippen LogP contribution in [-0.2, 0) is 11.2 Å². The molecule has 0 unspecified atom stereocenters. The van der Waals surface area contributed by atoms with Crippen molar-refractivity contribution in [2.45, 2.75) is 26.7 Å². The lowest BCUT2D eigenvalue weighted by atomic mass is 10.2. The van der Waals surface area contributed by atoms with Gasteiger partial charge in [0.1, 0.15) is 10.8 Å². The third-order valence-corrected chi connectivity index (χ3v) is 5.20. The fraction of sp³-hybridized carbons (Fsp3) is 0.238. The third-order valence-electron chi connectivity index (χ3n) is 3.94. The van der Waals surface area contributed by atoms with Gasteiger partial charge in [-0.15, -0.1) is 11.3 Å². The zero-order chi connectivity index (χ0) is 19.2. The number of hydrogen-bond acceptors (Lipinski definition) is 4. The molecule has 1 aromatic heterocycles. The first-order valence-electron chi connectivity index (χ1n) is 8.79. The number of benzene rings is 2. The number of halogens is 1. The summed E-state index contributed by atoms with van der Waals surface area (Å²) >= 11 is 7.71. The zero-order valence-electron chi connectivity index (χ0n) is 15.3. The van der Waals surface area contributed by atoms with Crippen molar-refractivity contribution >= 4 is 34.5 Å². The minimum Gasteiger partial charge on any atom is -0.494 e. The number of ether oxygens (including phenoxy) is 1. The molecule has 0 aliphatic heterocycles. The molecule has 0 aliphatic carbocycles. The van der Waals surface area contributed by atoms with Crippen molar-refractivity contribution < 1.29 is 9.53 Å². The summed E-state index contributed by atoms with van der Waals surface area (Å²) in [5.74, 6) is 0.715. The molecule has 3 aromatic rings. The van der Waals surface area contributed by atoms with Gasteiger partial charge in [0, 0.05) is 16.6 Å². The van der Waals surface area contributed by atoms with Crippen LogP contribution in [0.4, 0.5) is 5.69 Å². The van der Waals surface area contributed by atoms with E-state index >= 15 is 0 Å². The van der Waals surface area contributed by atoms with E-state index in [9.17, 15) is 4.79 Å². The van der Waals surface area contributed by atoms with Crippen LogP contribution in [0.3, 0.4) is 0 Å². The maximum Gasteiger partial charge on any atom is 0.230 e. The Labute approximate surface area is 168 Å². The predicted octanol–water partition coefficient (Wildman–Crippen LogP) is 5.74. The molecule has 1 N–H and O–H groups in total. The maximum absolute atomic E-state index is 12.4. The molecule has 0 bridgehead atoms. The molecule has 4 nitrogen and oxygen atoms in total. The Bertz CT molecular complexity index is 939. The first-order chi connectivity index (χ1) is 13.1. The number of aromatic nitrogens is 1. The number of hydrogen-bond donors (Lipinski definition) is 1. The smallest absolute Gasteiger partial charge is 0.230 e. The molecule has 3 rings (SSSR count). The Morgan fingerprint density at radius 3 is 2.81 bits per heavy atom. The fourth-order valence-corrected chi connectivity index (χ4v) is 3.73. The molecule has 0 spiro atoms. The topological polar surface area (TPSA) is 51.2 Å². The van der Waals surface area contributed by atoms with E-state index in [-0.39, 0.29) is 12.3 Å². The number of carbonyl (C=O) groups is 1. The van der Waals surface area contributed by atoms with Crippen molar-refractivity contribution in [2.24, 2.45) is 0 Å². The lowest BCUT2D eigenvalue weighted by molar-refractivity contribution is -0.115. The van der Waals surface area contributed by atoms with Crippen molar-refractivity contribution in [3.63, 3.8) is 0 Å². The van der Waals surface area contributed by atoms with Crippen LogP contribution in [0.5, 0.6) is 5.75 Å². The number of aryl methyl sites for hydroxylation is 1. The molecule has 1 heterocycles. The Hall–Kier alpha value is -2.37. The number of rotatable bonds is 7. The van der Waals surface area contributed by atoms with Gasteiger partial charge in [-0.25, -0.2) is 4.98 Å². The van der Waals surface area contributed by atoms with Gasteiger partial charge in [-0.05, 0) is 43.2 Å².